The van der Waals surface area contributed by atoms with Crippen LogP contribution in [0.2, 0.25) is 0 Å². The number of non-ortho nitro benzene ring substituents is 1. The van der Waals surface area contributed by atoms with E-state index in [1.165, 1.54) is 12.1 Å². The van der Waals surface area contributed by atoms with E-state index in [9.17, 15) is 26.9 Å². The largest absolute Gasteiger partial charge is 0.297 e. The minimum atomic E-state index is -4.08. The molecule has 2 aromatic rings. The highest BCUT2D eigenvalue weighted by molar-refractivity contribution is 7.87. The van der Waals surface area contributed by atoms with E-state index in [4.69, 9.17) is 8.37 Å². The standard InChI is InChI=1S/C19H21NO8S2/c1-14-2-10-18(11-3-14)29(23,24)27-16-6-8-17(9-7-16)28-30(25,26)19-12-4-15(5-13-19)20(21)22/h2-5,10-13,16-17H,6-9H2,1H3. The zero-order valence-corrected chi connectivity index (χ0v) is 17.8. The number of hydrogen-bond acceptors (Lipinski definition) is 8. The van der Waals surface area contributed by atoms with Gasteiger partial charge in [0.1, 0.15) is 0 Å². The first kappa shape index (κ1) is 22.3. The van der Waals surface area contributed by atoms with Crippen LogP contribution >= 0.6 is 0 Å². The Morgan fingerprint density at radius 3 is 1.50 bits per heavy atom. The summed E-state index contributed by atoms with van der Waals surface area (Å²) in [6, 6.07) is 10.8. The molecule has 0 unspecified atom stereocenters. The zero-order valence-electron chi connectivity index (χ0n) is 16.1. The summed E-state index contributed by atoms with van der Waals surface area (Å²) < 4.78 is 60.1. The van der Waals surface area contributed by atoms with Gasteiger partial charge in [-0.25, -0.2) is 0 Å². The highest BCUT2D eigenvalue weighted by atomic mass is 32.2. The fourth-order valence-corrected chi connectivity index (χ4v) is 5.40. The Morgan fingerprint density at radius 1 is 0.767 bits per heavy atom. The molecule has 9 nitrogen and oxygen atoms in total. The van der Waals surface area contributed by atoms with Crippen molar-refractivity contribution >= 4 is 25.9 Å². The Labute approximate surface area is 175 Å². The fourth-order valence-electron chi connectivity index (χ4n) is 3.13. The van der Waals surface area contributed by atoms with Gasteiger partial charge in [0.25, 0.3) is 25.9 Å². The van der Waals surface area contributed by atoms with Gasteiger partial charge in [0.2, 0.25) is 0 Å². The maximum absolute atomic E-state index is 12.4. The number of hydrogen-bond donors (Lipinski definition) is 0. The number of rotatable bonds is 7. The first-order chi connectivity index (χ1) is 14.1. The van der Waals surface area contributed by atoms with Crippen molar-refractivity contribution in [3.05, 3.63) is 64.2 Å². The van der Waals surface area contributed by atoms with Gasteiger partial charge in [0, 0.05) is 12.1 Å². The lowest BCUT2D eigenvalue weighted by molar-refractivity contribution is -0.384. The molecule has 0 bridgehead atoms. The molecule has 0 amide bonds. The Kier molecular flexibility index (Phi) is 6.56. The number of nitro benzene ring substituents is 1. The van der Waals surface area contributed by atoms with Crippen molar-refractivity contribution in [1.29, 1.82) is 0 Å². The van der Waals surface area contributed by atoms with E-state index in [-0.39, 0.29) is 15.5 Å². The van der Waals surface area contributed by atoms with Crippen molar-refractivity contribution in [1.82, 2.24) is 0 Å². The van der Waals surface area contributed by atoms with E-state index < -0.39 is 37.4 Å². The maximum Gasteiger partial charge on any atom is 0.297 e. The van der Waals surface area contributed by atoms with Gasteiger partial charge >= 0.3 is 0 Å². The molecule has 162 valence electrons. The quantitative estimate of drug-likeness (QED) is 0.353. The molecule has 0 heterocycles. The molecule has 0 N–H and O–H groups in total. The predicted octanol–water partition coefficient (Wildman–Crippen LogP) is 3.33. The molecular formula is C19H21NO8S2. The first-order valence-electron chi connectivity index (χ1n) is 9.24. The van der Waals surface area contributed by atoms with Crippen molar-refractivity contribution in [3.8, 4) is 0 Å². The molecule has 30 heavy (non-hydrogen) atoms. The van der Waals surface area contributed by atoms with Crippen molar-refractivity contribution in [2.75, 3.05) is 0 Å². The summed E-state index contributed by atoms with van der Waals surface area (Å²) in [6.07, 6.45) is 0.0860. The lowest BCUT2D eigenvalue weighted by atomic mass is 9.95. The summed E-state index contributed by atoms with van der Waals surface area (Å²) in [7, 11) is -7.98. The molecule has 0 radical (unpaired) electrons. The third-order valence-corrected chi connectivity index (χ3v) is 7.54. The Balaban J connectivity index is 1.57. The third-order valence-electron chi connectivity index (χ3n) is 4.79. The number of nitrogens with zero attached hydrogens (tertiary/aromatic N) is 1. The van der Waals surface area contributed by atoms with Gasteiger partial charge in [-0.2, -0.15) is 16.8 Å². The zero-order chi connectivity index (χ0) is 21.9. The average Bonchev–Trinajstić information content (AvgIpc) is 2.69. The van der Waals surface area contributed by atoms with Crippen LogP contribution in [0.15, 0.2) is 58.3 Å². The Bertz CT molecular complexity index is 1100. The molecule has 1 fully saturated rings. The third kappa shape index (κ3) is 5.42. The minimum Gasteiger partial charge on any atom is -0.263 e. The molecule has 11 heteroatoms. The number of aryl methyl sites for hydroxylation is 1. The summed E-state index contributed by atoms with van der Waals surface area (Å²) in [6.45, 7) is 1.85. The van der Waals surface area contributed by atoms with Gasteiger partial charge < -0.3 is 0 Å². The van der Waals surface area contributed by atoms with Gasteiger partial charge in [-0.15, -0.1) is 0 Å². The molecule has 0 aliphatic heterocycles. The van der Waals surface area contributed by atoms with Crippen molar-refractivity contribution in [2.45, 2.75) is 54.6 Å². The van der Waals surface area contributed by atoms with E-state index in [2.05, 4.69) is 0 Å². The van der Waals surface area contributed by atoms with Crippen LogP contribution in [0.5, 0.6) is 0 Å². The molecule has 1 aliphatic carbocycles. The second kappa shape index (κ2) is 8.80. The van der Waals surface area contributed by atoms with Crippen LogP contribution in [0.1, 0.15) is 31.2 Å². The summed E-state index contributed by atoms with van der Waals surface area (Å²) in [5.41, 5.74) is 0.710. The average molecular weight is 456 g/mol. The first-order valence-corrected chi connectivity index (χ1v) is 12.1. The number of nitro groups is 1. The Hall–Kier alpha value is -2.34. The summed E-state index contributed by atoms with van der Waals surface area (Å²) >= 11 is 0. The molecule has 2 aromatic carbocycles. The molecule has 3 rings (SSSR count). The maximum atomic E-state index is 12.4. The van der Waals surface area contributed by atoms with Gasteiger partial charge in [-0.3, -0.25) is 18.5 Å². The van der Waals surface area contributed by atoms with Crippen LogP contribution < -0.4 is 0 Å². The van der Waals surface area contributed by atoms with E-state index in [0.717, 1.165) is 29.8 Å². The van der Waals surface area contributed by atoms with E-state index in [0.29, 0.717) is 25.7 Å². The predicted molar refractivity (Wildman–Crippen MR) is 107 cm³/mol. The van der Waals surface area contributed by atoms with Crippen LogP contribution in [0, 0.1) is 17.0 Å². The second-order valence-electron chi connectivity index (χ2n) is 7.06. The van der Waals surface area contributed by atoms with Crippen LogP contribution in [0.25, 0.3) is 0 Å². The van der Waals surface area contributed by atoms with Crippen molar-refractivity contribution in [2.24, 2.45) is 0 Å². The van der Waals surface area contributed by atoms with Crippen LogP contribution in [0.4, 0.5) is 5.69 Å². The minimum absolute atomic E-state index is 0.0761. The van der Waals surface area contributed by atoms with Gasteiger partial charge in [0.05, 0.1) is 26.9 Å². The lowest BCUT2D eigenvalue weighted by Crippen LogP contribution is -2.30. The summed E-state index contributed by atoms with van der Waals surface area (Å²) in [5, 5.41) is 10.7. The molecule has 0 atom stereocenters. The van der Waals surface area contributed by atoms with E-state index in [1.807, 2.05) is 6.92 Å². The van der Waals surface area contributed by atoms with Crippen molar-refractivity contribution in [3.63, 3.8) is 0 Å². The van der Waals surface area contributed by atoms with Gasteiger partial charge in [-0.1, -0.05) is 17.7 Å². The SMILES string of the molecule is Cc1ccc(S(=O)(=O)OC2CCC(OS(=O)(=O)c3ccc([N+](=O)[O-])cc3)CC2)cc1. The highest BCUT2D eigenvalue weighted by Gasteiger charge is 2.30. The molecule has 0 aromatic heterocycles. The molecule has 0 spiro atoms. The van der Waals surface area contributed by atoms with E-state index in [1.54, 1.807) is 12.1 Å². The van der Waals surface area contributed by atoms with Crippen LogP contribution in [-0.2, 0) is 28.6 Å². The van der Waals surface area contributed by atoms with Gasteiger partial charge in [-0.05, 0) is 56.9 Å². The Morgan fingerprint density at radius 2 is 1.13 bits per heavy atom. The lowest BCUT2D eigenvalue weighted by Gasteiger charge is -2.27. The van der Waals surface area contributed by atoms with Crippen molar-refractivity contribution < 1.29 is 30.1 Å². The normalized spacial score (nSPS) is 20.0. The van der Waals surface area contributed by atoms with Crippen LogP contribution in [-0.4, -0.2) is 34.0 Å². The molecule has 1 saturated carbocycles. The van der Waals surface area contributed by atoms with Gasteiger partial charge in [0.15, 0.2) is 0 Å². The number of benzene rings is 2. The summed E-state index contributed by atoms with van der Waals surface area (Å²) in [5.74, 6) is 0. The molecular weight excluding hydrogens is 434 g/mol. The van der Waals surface area contributed by atoms with Crippen LogP contribution in [0.3, 0.4) is 0 Å². The van der Waals surface area contributed by atoms with E-state index >= 15 is 0 Å². The molecule has 1 aliphatic rings. The fraction of sp³-hybridized carbons (Fsp3) is 0.368. The topological polar surface area (TPSA) is 130 Å². The highest BCUT2D eigenvalue weighted by Crippen LogP contribution is 2.29. The monoisotopic (exact) mass is 455 g/mol. The smallest absolute Gasteiger partial charge is 0.263 e. The second-order valence-corrected chi connectivity index (χ2v) is 10.2. The molecule has 0 saturated heterocycles. The summed E-state index contributed by atoms with van der Waals surface area (Å²) in [4.78, 5) is 9.97.